The fraction of sp³-hybridized carbons (Fsp3) is 0.444. The lowest BCUT2D eigenvalue weighted by molar-refractivity contribution is 0.186. The Labute approximate surface area is 136 Å². The summed E-state index contributed by atoms with van der Waals surface area (Å²) in [6.07, 6.45) is 6.69. The van der Waals surface area contributed by atoms with E-state index >= 15 is 0 Å². The number of aromatic nitrogens is 2. The number of piperidine rings is 1. The van der Waals surface area contributed by atoms with Crippen molar-refractivity contribution < 1.29 is 9.13 Å². The highest BCUT2D eigenvalue weighted by atomic mass is 19.1. The van der Waals surface area contributed by atoms with E-state index in [9.17, 15) is 4.39 Å². The van der Waals surface area contributed by atoms with Gasteiger partial charge in [0.1, 0.15) is 6.33 Å². The van der Waals surface area contributed by atoms with E-state index < -0.39 is 0 Å². The summed E-state index contributed by atoms with van der Waals surface area (Å²) in [5.41, 5.74) is 1.13. The summed E-state index contributed by atoms with van der Waals surface area (Å²) < 4.78 is 19.0. The van der Waals surface area contributed by atoms with Gasteiger partial charge >= 0.3 is 0 Å². The molecule has 4 nitrogen and oxygen atoms in total. The molecule has 23 heavy (non-hydrogen) atoms. The molecule has 1 atom stereocenters. The van der Waals surface area contributed by atoms with Crippen LogP contribution in [0.5, 0.6) is 5.75 Å². The molecule has 2 heterocycles. The molecule has 1 aromatic carbocycles. The standard InChI is InChI=1S/C18H22FN3O/c19-16-6-1-2-7-18(16)23-12-4-11-22-10-3-5-15(13-22)17-8-9-20-14-21-17/h1-2,6-9,14-15H,3-5,10-13H2/t15-/m1/s1. The zero-order valence-corrected chi connectivity index (χ0v) is 13.2. The lowest BCUT2D eigenvalue weighted by Gasteiger charge is -2.32. The van der Waals surface area contributed by atoms with Crippen LogP contribution in [0, 0.1) is 5.82 Å². The molecule has 5 heteroatoms. The lowest BCUT2D eigenvalue weighted by atomic mass is 9.94. The van der Waals surface area contributed by atoms with Gasteiger partial charge in [-0.05, 0) is 44.0 Å². The fourth-order valence-corrected chi connectivity index (χ4v) is 3.07. The average molecular weight is 315 g/mol. The van der Waals surface area contributed by atoms with Gasteiger partial charge in [-0.15, -0.1) is 0 Å². The Morgan fingerprint density at radius 2 is 2.17 bits per heavy atom. The number of ether oxygens (including phenoxy) is 1. The van der Waals surface area contributed by atoms with Gasteiger partial charge in [0.2, 0.25) is 0 Å². The number of nitrogens with zero attached hydrogens (tertiary/aromatic N) is 3. The Morgan fingerprint density at radius 1 is 1.26 bits per heavy atom. The van der Waals surface area contributed by atoms with E-state index in [1.54, 1.807) is 24.5 Å². The van der Waals surface area contributed by atoms with Crippen molar-refractivity contribution in [1.29, 1.82) is 0 Å². The number of benzene rings is 1. The number of para-hydroxylation sites is 1. The lowest BCUT2D eigenvalue weighted by Crippen LogP contribution is -2.35. The highest BCUT2D eigenvalue weighted by Crippen LogP contribution is 2.25. The molecule has 0 amide bonds. The third-order valence-electron chi connectivity index (χ3n) is 4.24. The zero-order valence-electron chi connectivity index (χ0n) is 13.2. The largest absolute Gasteiger partial charge is 0.490 e. The smallest absolute Gasteiger partial charge is 0.165 e. The van der Waals surface area contributed by atoms with Crippen LogP contribution in [0.1, 0.15) is 30.9 Å². The molecule has 0 aliphatic carbocycles. The van der Waals surface area contributed by atoms with Crippen LogP contribution < -0.4 is 4.74 Å². The topological polar surface area (TPSA) is 38.2 Å². The van der Waals surface area contributed by atoms with Crippen molar-refractivity contribution in [2.75, 3.05) is 26.2 Å². The maximum atomic E-state index is 13.5. The molecule has 1 saturated heterocycles. The minimum Gasteiger partial charge on any atom is -0.490 e. The number of rotatable bonds is 6. The summed E-state index contributed by atoms with van der Waals surface area (Å²) in [6, 6.07) is 8.56. The number of hydrogen-bond donors (Lipinski definition) is 0. The molecule has 0 unspecified atom stereocenters. The molecule has 0 spiro atoms. The summed E-state index contributed by atoms with van der Waals surface area (Å²) in [6.45, 7) is 3.64. The first-order valence-electron chi connectivity index (χ1n) is 8.18. The summed E-state index contributed by atoms with van der Waals surface area (Å²) in [7, 11) is 0. The first-order valence-corrected chi connectivity index (χ1v) is 8.18. The van der Waals surface area contributed by atoms with Gasteiger partial charge in [0.25, 0.3) is 0 Å². The number of likely N-dealkylation sites (tertiary alicyclic amines) is 1. The molecule has 1 aliphatic heterocycles. The van der Waals surface area contributed by atoms with E-state index in [1.807, 2.05) is 12.3 Å². The predicted molar refractivity (Wildman–Crippen MR) is 87.0 cm³/mol. The van der Waals surface area contributed by atoms with Crippen LogP contribution in [0.4, 0.5) is 4.39 Å². The van der Waals surface area contributed by atoms with Crippen molar-refractivity contribution in [2.24, 2.45) is 0 Å². The van der Waals surface area contributed by atoms with Crippen molar-refractivity contribution >= 4 is 0 Å². The maximum absolute atomic E-state index is 13.5. The van der Waals surface area contributed by atoms with Crippen LogP contribution in [-0.2, 0) is 0 Å². The summed E-state index contributed by atoms with van der Waals surface area (Å²) >= 11 is 0. The quantitative estimate of drug-likeness (QED) is 0.767. The molecule has 122 valence electrons. The SMILES string of the molecule is Fc1ccccc1OCCCN1CCC[C@@H](c2ccncn2)C1. The average Bonchev–Trinajstić information content (AvgIpc) is 2.61. The van der Waals surface area contributed by atoms with Crippen molar-refractivity contribution in [3.63, 3.8) is 0 Å². The predicted octanol–water partition coefficient (Wildman–Crippen LogP) is 3.26. The van der Waals surface area contributed by atoms with Crippen LogP contribution >= 0.6 is 0 Å². The third-order valence-corrected chi connectivity index (χ3v) is 4.24. The van der Waals surface area contributed by atoms with Crippen molar-refractivity contribution in [3.8, 4) is 5.75 Å². The van der Waals surface area contributed by atoms with Crippen LogP contribution in [0.25, 0.3) is 0 Å². The Hall–Kier alpha value is -2.01. The zero-order chi connectivity index (χ0) is 15.9. The van der Waals surface area contributed by atoms with Gasteiger partial charge in [-0.25, -0.2) is 14.4 Å². The summed E-state index contributed by atoms with van der Waals surface area (Å²) in [4.78, 5) is 10.8. The van der Waals surface area contributed by atoms with Gasteiger partial charge in [-0.3, -0.25) is 0 Å². The minimum absolute atomic E-state index is 0.297. The Balaban J connectivity index is 1.43. The molecule has 0 saturated carbocycles. The molecule has 1 fully saturated rings. The molecule has 2 aromatic rings. The van der Waals surface area contributed by atoms with Gasteiger partial charge in [0, 0.05) is 30.9 Å². The van der Waals surface area contributed by atoms with Gasteiger partial charge < -0.3 is 9.64 Å². The van der Waals surface area contributed by atoms with E-state index in [4.69, 9.17) is 4.74 Å². The Bertz CT molecular complexity index is 608. The molecular formula is C18H22FN3O. The van der Waals surface area contributed by atoms with Crippen LogP contribution in [0.2, 0.25) is 0 Å². The number of hydrogen-bond acceptors (Lipinski definition) is 4. The molecule has 1 aliphatic rings. The maximum Gasteiger partial charge on any atom is 0.165 e. The fourth-order valence-electron chi connectivity index (χ4n) is 3.07. The van der Waals surface area contributed by atoms with E-state index in [0.29, 0.717) is 18.3 Å². The van der Waals surface area contributed by atoms with E-state index in [0.717, 1.165) is 31.7 Å². The normalized spacial score (nSPS) is 18.7. The van der Waals surface area contributed by atoms with Crippen molar-refractivity contribution in [3.05, 3.63) is 54.4 Å². The first kappa shape index (κ1) is 15.9. The highest BCUT2D eigenvalue weighted by Gasteiger charge is 2.21. The van der Waals surface area contributed by atoms with E-state index in [-0.39, 0.29) is 5.82 Å². The second-order valence-corrected chi connectivity index (χ2v) is 5.91. The second kappa shape index (κ2) is 8.02. The molecule has 0 bridgehead atoms. The molecule has 1 aromatic heterocycles. The Kier molecular flexibility index (Phi) is 5.53. The van der Waals surface area contributed by atoms with E-state index in [2.05, 4.69) is 14.9 Å². The van der Waals surface area contributed by atoms with E-state index in [1.165, 1.54) is 18.9 Å². The minimum atomic E-state index is -0.297. The molecular weight excluding hydrogens is 293 g/mol. The Morgan fingerprint density at radius 3 is 3.00 bits per heavy atom. The number of halogens is 1. The van der Waals surface area contributed by atoms with Gasteiger partial charge in [0.15, 0.2) is 11.6 Å². The molecule has 0 radical (unpaired) electrons. The van der Waals surface area contributed by atoms with Gasteiger partial charge in [-0.2, -0.15) is 0 Å². The van der Waals surface area contributed by atoms with Gasteiger partial charge in [-0.1, -0.05) is 12.1 Å². The second-order valence-electron chi connectivity index (χ2n) is 5.91. The monoisotopic (exact) mass is 315 g/mol. The highest BCUT2D eigenvalue weighted by molar-refractivity contribution is 5.23. The summed E-state index contributed by atoms with van der Waals surface area (Å²) in [5.74, 6) is 0.526. The third kappa shape index (κ3) is 4.48. The molecule has 0 N–H and O–H groups in total. The van der Waals surface area contributed by atoms with Crippen LogP contribution in [0.15, 0.2) is 42.9 Å². The first-order chi connectivity index (χ1) is 11.3. The summed E-state index contributed by atoms with van der Waals surface area (Å²) in [5, 5.41) is 0. The van der Waals surface area contributed by atoms with Crippen molar-refractivity contribution in [1.82, 2.24) is 14.9 Å². The van der Waals surface area contributed by atoms with Crippen molar-refractivity contribution in [2.45, 2.75) is 25.2 Å². The van der Waals surface area contributed by atoms with Crippen LogP contribution in [-0.4, -0.2) is 41.1 Å². The van der Waals surface area contributed by atoms with Gasteiger partial charge in [0.05, 0.1) is 6.61 Å². The molecule has 3 rings (SSSR count). The van der Waals surface area contributed by atoms with Crippen LogP contribution in [0.3, 0.4) is 0 Å².